The highest BCUT2D eigenvalue weighted by atomic mass is 127. The zero-order valence-corrected chi connectivity index (χ0v) is 18.2. The van der Waals surface area contributed by atoms with E-state index in [1.807, 2.05) is 22.6 Å². The van der Waals surface area contributed by atoms with Gasteiger partial charge >= 0.3 is 0 Å². The number of benzene rings is 1. The number of hydroxylamine groups is 1. The zero-order chi connectivity index (χ0) is 22.0. The maximum atomic E-state index is 14.4. The third kappa shape index (κ3) is 4.48. The van der Waals surface area contributed by atoms with Crippen molar-refractivity contribution < 1.29 is 28.7 Å². The Morgan fingerprint density at radius 1 is 1.40 bits per heavy atom. The first-order chi connectivity index (χ1) is 14.2. The van der Waals surface area contributed by atoms with E-state index in [9.17, 15) is 19.1 Å². The second-order valence-electron chi connectivity index (χ2n) is 6.52. The van der Waals surface area contributed by atoms with E-state index in [1.54, 1.807) is 13.0 Å². The molecule has 0 bridgehead atoms. The molecule has 0 unspecified atom stereocenters. The van der Waals surface area contributed by atoms with Crippen molar-refractivity contribution in [1.82, 2.24) is 10.0 Å². The molecule has 3 aromatic rings. The Morgan fingerprint density at radius 3 is 2.80 bits per heavy atom. The minimum Gasteiger partial charge on any atom is -0.460 e. The SMILES string of the molecule is Cc1cc2c(=O)n(C)c(Nc3ccc(I)cc3F)c(C(=O)NOC[C@H](O)CO)c2o1. The van der Waals surface area contributed by atoms with Crippen LogP contribution in [0.3, 0.4) is 0 Å². The third-order valence-corrected chi connectivity index (χ3v) is 4.92. The van der Waals surface area contributed by atoms with Gasteiger partial charge in [0.15, 0.2) is 5.58 Å². The van der Waals surface area contributed by atoms with Crippen LogP contribution in [0.1, 0.15) is 16.1 Å². The normalized spacial score (nSPS) is 12.2. The van der Waals surface area contributed by atoms with E-state index in [1.165, 1.54) is 29.8 Å². The summed E-state index contributed by atoms with van der Waals surface area (Å²) in [5.74, 6) is -0.960. The first-order valence-corrected chi connectivity index (χ1v) is 9.87. The van der Waals surface area contributed by atoms with Gasteiger partial charge in [-0.05, 0) is 53.8 Å². The van der Waals surface area contributed by atoms with Crippen LogP contribution in [0.25, 0.3) is 11.0 Å². The molecule has 0 saturated carbocycles. The second-order valence-corrected chi connectivity index (χ2v) is 7.76. The molecule has 0 radical (unpaired) electrons. The lowest BCUT2D eigenvalue weighted by Crippen LogP contribution is -2.32. The van der Waals surface area contributed by atoms with Gasteiger partial charge in [-0.2, -0.15) is 0 Å². The van der Waals surface area contributed by atoms with Crippen molar-refractivity contribution in [1.29, 1.82) is 0 Å². The number of carbonyl (C=O) groups excluding carboxylic acids is 1. The summed E-state index contributed by atoms with van der Waals surface area (Å²) in [5, 5.41) is 21.2. The molecule has 2 aromatic heterocycles. The highest BCUT2D eigenvalue weighted by Crippen LogP contribution is 2.29. The smallest absolute Gasteiger partial charge is 0.282 e. The average Bonchev–Trinajstić information content (AvgIpc) is 3.08. The van der Waals surface area contributed by atoms with Gasteiger partial charge in [0.05, 0.1) is 17.7 Å². The van der Waals surface area contributed by atoms with Crippen LogP contribution in [0.2, 0.25) is 0 Å². The fourth-order valence-electron chi connectivity index (χ4n) is 2.80. The first-order valence-electron chi connectivity index (χ1n) is 8.79. The van der Waals surface area contributed by atoms with Gasteiger partial charge in [0.25, 0.3) is 11.5 Å². The monoisotopic (exact) mass is 531 g/mol. The third-order valence-electron chi connectivity index (χ3n) is 4.25. The van der Waals surface area contributed by atoms with E-state index in [0.29, 0.717) is 9.33 Å². The molecule has 3 rings (SSSR count). The van der Waals surface area contributed by atoms with Gasteiger partial charge in [-0.3, -0.25) is 19.0 Å². The van der Waals surface area contributed by atoms with Crippen LogP contribution in [0.4, 0.5) is 15.9 Å². The number of furan rings is 1. The van der Waals surface area contributed by atoms with Crippen molar-refractivity contribution in [3.63, 3.8) is 0 Å². The number of nitrogens with zero attached hydrogens (tertiary/aromatic N) is 1. The maximum Gasteiger partial charge on any atom is 0.282 e. The van der Waals surface area contributed by atoms with Gasteiger partial charge < -0.3 is 19.9 Å². The molecule has 4 N–H and O–H groups in total. The number of pyridine rings is 1. The minimum absolute atomic E-state index is 0.00725. The summed E-state index contributed by atoms with van der Waals surface area (Å²) in [6, 6.07) is 5.95. The van der Waals surface area contributed by atoms with Crippen molar-refractivity contribution >= 4 is 51.0 Å². The highest BCUT2D eigenvalue weighted by Gasteiger charge is 2.25. The molecule has 1 aromatic carbocycles. The second kappa shape index (κ2) is 9.12. The molecule has 0 fully saturated rings. The Balaban J connectivity index is 2.10. The summed E-state index contributed by atoms with van der Waals surface area (Å²) in [6.45, 7) is 0.722. The number of amides is 1. The molecule has 1 amide bonds. The molecule has 1 atom stereocenters. The molecular weight excluding hydrogens is 512 g/mol. The van der Waals surface area contributed by atoms with Crippen molar-refractivity contribution in [3.8, 4) is 0 Å². The Labute approximate surface area is 183 Å². The maximum absolute atomic E-state index is 14.4. The van der Waals surface area contributed by atoms with E-state index in [-0.39, 0.29) is 34.6 Å². The summed E-state index contributed by atoms with van der Waals surface area (Å²) in [5.41, 5.74) is 1.68. The fraction of sp³-hybridized carbons (Fsp3) is 0.263. The average molecular weight is 531 g/mol. The van der Waals surface area contributed by atoms with Gasteiger partial charge in [0.2, 0.25) is 0 Å². The van der Waals surface area contributed by atoms with E-state index in [0.717, 1.165) is 0 Å². The van der Waals surface area contributed by atoms with E-state index < -0.39 is 30.0 Å². The number of rotatable bonds is 7. The molecule has 160 valence electrons. The quantitative estimate of drug-likeness (QED) is 0.271. The Morgan fingerprint density at radius 2 is 2.13 bits per heavy atom. The molecule has 9 nitrogen and oxygen atoms in total. The van der Waals surface area contributed by atoms with E-state index in [4.69, 9.17) is 14.4 Å². The lowest BCUT2D eigenvalue weighted by molar-refractivity contribution is -0.0294. The van der Waals surface area contributed by atoms with E-state index in [2.05, 4.69) is 10.8 Å². The number of anilines is 2. The number of fused-ring (bicyclic) bond motifs is 1. The minimum atomic E-state index is -1.19. The molecule has 0 saturated heterocycles. The number of halogens is 2. The summed E-state index contributed by atoms with van der Waals surface area (Å²) in [4.78, 5) is 30.5. The number of carbonyl (C=O) groups is 1. The first kappa shape index (κ1) is 22.2. The number of aromatic nitrogens is 1. The summed E-state index contributed by atoms with van der Waals surface area (Å²) < 4.78 is 21.8. The number of nitrogens with one attached hydrogen (secondary N) is 2. The summed E-state index contributed by atoms with van der Waals surface area (Å²) in [6.07, 6.45) is -1.19. The van der Waals surface area contributed by atoms with Crippen LogP contribution in [0.5, 0.6) is 0 Å². The largest absolute Gasteiger partial charge is 0.460 e. The Hall–Kier alpha value is -2.48. The van der Waals surface area contributed by atoms with Crippen LogP contribution in [-0.2, 0) is 11.9 Å². The standard InChI is InChI=1S/C19H19FIN3O6/c1-9-5-12-16(30-9)15(18(27)23-29-8-11(26)7-25)17(24(2)19(12)28)22-14-4-3-10(21)6-13(14)20/h3-6,11,22,25-26H,7-8H2,1-2H3,(H,23,27)/t11-/m1/s1. The summed E-state index contributed by atoms with van der Waals surface area (Å²) >= 11 is 1.96. The van der Waals surface area contributed by atoms with Gasteiger partial charge in [-0.1, -0.05) is 0 Å². The topological polar surface area (TPSA) is 126 Å². The van der Waals surface area contributed by atoms with Crippen LogP contribution in [0.15, 0.2) is 33.5 Å². The summed E-state index contributed by atoms with van der Waals surface area (Å²) in [7, 11) is 1.43. The molecule has 2 heterocycles. The lowest BCUT2D eigenvalue weighted by Gasteiger charge is -2.17. The zero-order valence-electron chi connectivity index (χ0n) is 16.0. The molecule has 30 heavy (non-hydrogen) atoms. The van der Waals surface area contributed by atoms with E-state index >= 15 is 0 Å². The Kier molecular flexibility index (Phi) is 6.75. The predicted molar refractivity (Wildman–Crippen MR) is 115 cm³/mol. The fourth-order valence-corrected chi connectivity index (χ4v) is 3.25. The predicted octanol–water partition coefficient (Wildman–Crippen LogP) is 1.94. The molecule has 0 aliphatic rings. The number of hydrogen-bond donors (Lipinski definition) is 4. The van der Waals surface area contributed by atoms with Crippen LogP contribution >= 0.6 is 22.6 Å². The number of hydrogen-bond acceptors (Lipinski definition) is 7. The van der Waals surface area contributed by atoms with Crippen LogP contribution in [0, 0.1) is 16.3 Å². The van der Waals surface area contributed by atoms with Gasteiger partial charge in [0.1, 0.15) is 35.7 Å². The number of aliphatic hydroxyl groups excluding tert-OH is 2. The molecule has 0 aliphatic carbocycles. The van der Waals surface area contributed by atoms with Gasteiger partial charge in [0, 0.05) is 10.6 Å². The Bertz CT molecular complexity index is 1160. The van der Waals surface area contributed by atoms with Crippen LogP contribution < -0.4 is 16.4 Å². The molecule has 11 heteroatoms. The molecule has 0 spiro atoms. The van der Waals surface area contributed by atoms with Gasteiger partial charge in [-0.15, -0.1) is 0 Å². The molecular formula is C19H19FIN3O6. The molecule has 0 aliphatic heterocycles. The number of aliphatic hydroxyl groups is 2. The van der Waals surface area contributed by atoms with Crippen LogP contribution in [-0.4, -0.2) is 40.0 Å². The van der Waals surface area contributed by atoms with Crippen molar-refractivity contribution in [3.05, 3.63) is 55.3 Å². The van der Waals surface area contributed by atoms with Crippen molar-refractivity contribution in [2.75, 3.05) is 18.5 Å². The van der Waals surface area contributed by atoms with Crippen molar-refractivity contribution in [2.24, 2.45) is 7.05 Å². The highest BCUT2D eigenvalue weighted by molar-refractivity contribution is 14.1. The van der Waals surface area contributed by atoms with Crippen molar-refractivity contribution in [2.45, 2.75) is 13.0 Å². The van der Waals surface area contributed by atoms with Gasteiger partial charge in [-0.25, -0.2) is 9.87 Å². The number of aryl methyl sites for hydroxylation is 1. The lowest BCUT2D eigenvalue weighted by atomic mass is 10.1.